The van der Waals surface area contributed by atoms with Gasteiger partial charge in [0, 0.05) is 17.5 Å². The Labute approximate surface area is 147 Å². The highest BCUT2D eigenvalue weighted by Crippen LogP contribution is 2.30. The molecule has 2 N–H and O–H groups in total. The fourth-order valence-electron chi connectivity index (χ4n) is 2.27. The molecule has 1 heterocycles. The molecule has 0 aliphatic carbocycles. The number of alkyl halides is 3. The van der Waals surface area contributed by atoms with E-state index in [0.29, 0.717) is 11.3 Å². The number of halogens is 3. The number of hydrogen-bond acceptors (Lipinski definition) is 5. The van der Waals surface area contributed by atoms with Crippen molar-refractivity contribution in [1.82, 2.24) is 14.8 Å². The Morgan fingerprint density at radius 2 is 1.58 bits per heavy atom. The van der Waals surface area contributed by atoms with E-state index in [-0.39, 0.29) is 16.4 Å². The Hall–Kier alpha value is -2.88. The Bertz CT molecular complexity index is 1040. The van der Waals surface area contributed by atoms with Gasteiger partial charge in [-0.25, -0.2) is 18.1 Å². The topological polar surface area (TPSA) is 90.9 Å². The van der Waals surface area contributed by atoms with Crippen LogP contribution in [0.2, 0.25) is 0 Å². The minimum Gasteiger partial charge on any atom is -0.399 e. The highest BCUT2D eigenvalue weighted by molar-refractivity contribution is 7.90. The van der Waals surface area contributed by atoms with Crippen LogP contribution in [0.5, 0.6) is 0 Å². The smallest absolute Gasteiger partial charge is 0.399 e. The second kappa shape index (κ2) is 6.13. The second-order valence-electron chi connectivity index (χ2n) is 5.56. The lowest BCUT2D eigenvalue weighted by Gasteiger charge is -2.07. The minimum absolute atomic E-state index is 0.0376. The van der Waals surface area contributed by atoms with E-state index in [9.17, 15) is 21.6 Å². The molecule has 0 aliphatic rings. The van der Waals surface area contributed by atoms with E-state index < -0.39 is 21.8 Å². The number of nitrogens with two attached hydrogens (primary N) is 1. The van der Waals surface area contributed by atoms with Crippen molar-refractivity contribution in [3.63, 3.8) is 0 Å². The van der Waals surface area contributed by atoms with Gasteiger partial charge in [-0.1, -0.05) is 0 Å². The summed E-state index contributed by atoms with van der Waals surface area (Å²) < 4.78 is 63.3. The van der Waals surface area contributed by atoms with Crippen molar-refractivity contribution in [1.29, 1.82) is 0 Å². The molecule has 0 fully saturated rings. The lowest BCUT2D eigenvalue weighted by Crippen LogP contribution is -2.08. The Balaban J connectivity index is 2.16. The molecule has 0 amide bonds. The maximum Gasteiger partial charge on any atom is 0.453 e. The fourth-order valence-corrected chi connectivity index (χ4v) is 2.90. The summed E-state index contributed by atoms with van der Waals surface area (Å²) in [6, 6.07) is 11.5. The van der Waals surface area contributed by atoms with E-state index in [1.807, 2.05) is 0 Å². The highest BCUT2D eigenvalue weighted by Gasteiger charge is 2.37. The van der Waals surface area contributed by atoms with E-state index in [2.05, 4.69) is 10.1 Å². The van der Waals surface area contributed by atoms with Gasteiger partial charge in [-0.15, -0.1) is 5.10 Å². The van der Waals surface area contributed by atoms with Crippen molar-refractivity contribution in [2.75, 3.05) is 12.0 Å². The Kier molecular flexibility index (Phi) is 4.23. The summed E-state index contributed by atoms with van der Waals surface area (Å²) in [5, 5.41) is 3.54. The summed E-state index contributed by atoms with van der Waals surface area (Å²) in [6.45, 7) is 0. The van der Waals surface area contributed by atoms with Gasteiger partial charge >= 0.3 is 6.18 Å². The molecular formula is C16H13F3N4O2S. The molecule has 0 aliphatic heterocycles. The molecule has 0 saturated heterocycles. The number of hydrogen-bond donors (Lipinski definition) is 1. The van der Waals surface area contributed by atoms with Crippen molar-refractivity contribution in [3.05, 3.63) is 54.4 Å². The van der Waals surface area contributed by atoms with Crippen molar-refractivity contribution in [3.8, 4) is 17.1 Å². The third kappa shape index (κ3) is 3.54. The minimum atomic E-state index is -4.72. The highest BCUT2D eigenvalue weighted by atomic mass is 32.2. The number of nitrogens with zero attached hydrogens (tertiary/aromatic N) is 3. The Morgan fingerprint density at radius 3 is 2.08 bits per heavy atom. The van der Waals surface area contributed by atoms with Crippen LogP contribution in [-0.2, 0) is 16.0 Å². The Morgan fingerprint density at radius 1 is 1.00 bits per heavy atom. The number of sulfone groups is 1. The summed E-state index contributed by atoms with van der Waals surface area (Å²) >= 11 is 0. The number of anilines is 1. The molecule has 2 aromatic carbocycles. The molecule has 0 bridgehead atoms. The SMILES string of the molecule is CS(=O)(=O)c1ccc(-n2nc(C(F)(F)F)nc2-c2ccc(N)cc2)cc1. The molecule has 26 heavy (non-hydrogen) atoms. The van der Waals surface area contributed by atoms with Crippen LogP contribution in [0.15, 0.2) is 53.4 Å². The zero-order valence-electron chi connectivity index (χ0n) is 13.4. The van der Waals surface area contributed by atoms with Gasteiger partial charge in [0.05, 0.1) is 10.6 Å². The molecule has 0 atom stereocenters. The molecule has 10 heteroatoms. The number of nitrogen functional groups attached to an aromatic ring is 1. The van der Waals surface area contributed by atoms with Crippen LogP contribution in [0.3, 0.4) is 0 Å². The standard InChI is InChI=1S/C16H13F3N4O2S/c1-26(24,25)13-8-6-12(7-9-13)23-14(10-2-4-11(20)5-3-10)21-15(22-23)16(17,18)19/h2-9H,20H2,1H3. The number of benzene rings is 2. The monoisotopic (exact) mass is 382 g/mol. The molecule has 0 spiro atoms. The largest absolute Gasteiger partial charge is 0.453 e. The molecule has 0 unspecified atom stereocenters. The maximum atomic E-state index is 13.1. The van der Waals surface area contributed by atoms with E-state index in [1.165, 1.54) is 48.5 Å². The van der Waals surface area contributed by atoms with Gasteiger partial charge in [0.2, 0.25) is 0 Å². The normalized spacial score (nSPS) is 12.3. The number of rotatable bonds is 3. The molecule has 3 aromatic rings. The molecule has 0 radical (unpaired) electrons. The first-order valence-corrected chi connectivity index (χ1v) is 9.15. The van der Waals surface area contributed by atoms with Crippen LogP contribution in [0.1, 0.15) is 5.82 Å². The van der Waals surface area contributed by atoms with Gasteiger partial charge in [-0.2, -0.15) is 13.2 Å². The van der Waals surface area contributed by atoms with Crippen molar-refractivity contribution in [2.45, 2.75) is 11.1 Å². The molecule has 0 saturated carbocycles. The second-order valence-corrected chi connectivity index (χ2v) is 7.57. The summed E-state index contributed by atoms with van der Waals surface area (Å²) in [5.74, 6) is -1.33. The van der Waals surface area contributed by atoms with Crippen molar-refractivity contribution >= 4 is 15.5 Å². The van der Waals surface area contributed by atoms with Gasteiger partial charge in [0.25, 0.3) is 5.82 Å². The fraction of sp³-hybridized carbons (Fsp3) is 0.125. The first-order chi connectivity index (χ1) is 12.1. The van der Waals surface area contributed by atoms with Crippen LogP contribution >= 0.6 is 0 Å². The van der Waals surface area contributed by atoms with E-state index in [4.69, 9.17) is 5.73 Å². The maximum absolute atomic E-state index is 13.1. The zero-order valence-corrected chi connectivity index (χ0v) is 14.2. The first-order valence-electron chi connectivity index (χ1n) is 7.26. The van der Waals surface area contributed by atoms with Crippen molar-refractivity contribution < 1.29 is 21.6 Å². The predicted octanol–water partition coefficient (Wildman–Crippen LogP) is 2.94. The quantitative estimate of drug-likeness (QED) is 0.704. The van der Waals surface area contributed by atoms with Gasteiger partial charge < -0.3 is 5.73 Å². The summed E-state index contributed by atoms with van der Waals surface area (Å²) in [4.78, 5) is 3.64. The molecule has 136 valence electrons. The van der Waals surface area contributed by atoms with Gasteiger partial charge in [-0.3, -0.25) is 0 Å². The summed E-state index contributed by atoms with van der Waals surface area (Å²) in [5.41, 5.74) is 6.68. The van der Waals surface area contributed by atoms with E-state index >= 15 is 0 Å². The predicted molar refractivity (Wildman–Crippen MR) is 89.3 cm³/mol. The molecule has 1 aromatic heterocycles. The van der Waals surface area contributed by atoms with Gasteiger partial charge in [0.1, 0.15) is 0 Å². The lowest BCUT2D eigenvalue weighted by molar-refractivity contribution is -0.144. The third-order valence-corrected chi connectivity index (χ3v) is 4.67. The van der Waals surface area contributed by atoms with Gasteiger partial charge in [0.15, 0.2) is 15.7 Å². The first kappa shape index (κ1) is 17.9. The van der Waals surface area contributed by atoms with Crippen LogP contribution < -0.4 is 5.73 Å². The van der Waals surface area contributed by atoms with E-state index in [0.717, 1.165) is 10.9 Å². The third-order valence-electron chi connectivity index (χ3n) is 3.54. The van der Waals surface area contributed by atoms with Gasteiger partial charge in [-0.05, 0) is 48.5 Å². The lowest BCUT2D eigenvalue weighted by atomic mass is 10.2. The molecule has 6 nitrogen and oxygen atoms in total. The number of aromatic nitrogens is 3. The van der Waals surface area contributed by atoms with Crippen molar-refractivity contribution in [2.24, 2.45) is 0 Å². The summed E-state index contributed by atoms with van der Waals surface area (Å²) in [6.07, 6.45) is -3.68. The van der Waals surface area contributed by atoms with Crippen LogP contribution in [-0.4, -0.2) is 29.4 Å². The average Bonchev–Trinajstić information content (AvgIpc) is 3.00. The van der Waals surface area contributed by atoms with E-state index in [1.54, 1.807) is 0 Å². The summed E-state index contributed by atoms with van der Waals surface area (Å²) in [7, 11) is -3.43. The van der Waals surface area contributed by atoms with Crippen LogP contribution in [0, 0.1) is 0 Å². The van der Waals surface area contributed by atoms with Crippen LogP contribution in [0.25, 0.3) is 17.1 Å². The molecular weight excluding hydrogens is 369 g/mol. The zero-order chi connectivity index (χ0) is 19.1. The average molecular weight is 382 g/mol. The van der Waals surface area contributed by atoms with Crippen LogP contribution in [0.4, 0.5) is 18.9 Å². The molecule has 3 rings (SSSR count).